The Morgan fingerprint density at radius 2 is 1.95 bits per heavy atom. The Morgan fingerprint density at radius 1 is 1.23 bits per heavy atom. The minimum Gasteiger partial charge on any atom is -0.454 e. The van der Waals surface area contributed by atoms with E-state index in [-0.39, 0.29) is 17.4 Å². The molecule has 0 amide bonds. The molecule has 1 aromatic carbocycles. The van der Waals surface area contributed by atoms with Crippen LogP contribution in [0, 0.1) is 13.8 Å². The largest absolute Gasteiger partial charge is 0.454 e. The maximum atomic E-state index is 12.5. The monoisotopic (exact) mass is 324 g/mol. The Hall–Kier alpha value is -2.06. The van der Waals surface area contributed by atoms with Crippen molar-refractivity contribution in [2.75, 3.05) is 6.79 Å². The average molecular weight is 324 g/mol. The van der Waals surface area contributed by atoms with Gasteiger partial charge in [0, 0.05) is 6.04 Å². The number of hydrogen-bond acceptors (Lipinski definition) is 6. The van der Waals surface area contributed by atoms with E-state index in [9.17, 15) is 8.42 Å². The molecule has 1 aromatic heterocycles. The molecule has 0 aliphatic carbocycles. The lowest BCUT2D eigenvalue weighted by atomic mass is 10.1. The summed E-state index contributed by atoms with van der Waals surface area (Å²) < 4.78 is 43.1. The summed E-state index contributed by atoms with van der Waals surface area (Å²) in [5.41, 5.74) is 1.11. The van der Waals surface area contributed by atoms with E-state index >= 15 is 0 Å². The number of nitrogens with zero attached hydrogens (tertiary/aromatic N) is 1. The van der Waals surface area contributed by atoms with Crippen molar-refractivity contribution in [2.45, 2.75) is 31.7 Å². The SMILES string of the molecule is Cc1noc(C)c1S(=O)(=O)NC(C)c1ccc2c(c1)OCO2. The summed E-state index contributed by atoms with van der Waals surface area (Å²) in [5.74, 6) is 1.54. The number of ether oxygens (including phenoxy) is 2. The molecule has 0 fully saturated rings. The zero-order valence-electron chi connectivity index (χ0n) is 12.4. The molecule has 118 valence electrons. The van der Waals surface area contributed by atoms with E-state index in [4.69, 9.17) is 14.0 Å². The zero-order valence-corrected chi connectivity index (χ0v) is 13.2. The van der Waals surface area contributed by atoms with Crippen molar-refractivity contribution < 1.29 is 22.4 Å². The van der Waals surface area contributed by atoms with Gasteiger partial charge in [-0.15, -0.1) is 0 Å². The fraction of sp³-hybridized carbons (Fsp3) is 0.357. The molecule has 2 aromatic rings. The molecule has 1 aliphatic heterocycles. The van der Waals surface area contributed by atoms with E-state index < -0.39 is 16.1 Å². The lowest BCUT2D eigenvalue weighted by Gasteiger charge is -2.15. The van der Waals surface area contributed by atoms with E-state index in [0.717, 1.165) is 5.56 Å². The van der Waals surface area contributed by atoms with Crippen LogP contribution in [0.1, 0.15) is 30.0 Å². The second-order valence-electron chi connectivity index (χ2n) is 5.11. The summed E-state index contributed by atoms with van der Waals surface area (Å²) in [7, 11) is -3.72. The van der Waals surface area contributed by atoms with Crippen molar-refractivity contribution in [3.05, 3.63) is 35.2 Å². The normalized spacial score (nSPS) is 15.0. The smallest absolute Gasteiger partial charge is 0.246 e. The predicted molar refractivity (Wildman–Crippen MR) is 77.3 cm³/mol. The number of fused-ring (bicyclic) bond motifs is 1. The maximum absolute atomic E-state index is 12.5. The third kappa shape index (κ3) is 2.55. The van der Waals surface area contributed by atoms with Crippen molar-refractivity contribution in [2.24, 2.45) is 0 Å². The highest BCUT2D eigenvalue weighted by atomic mass is 32.2. The molecular formula is C14H16N2O5S. The van der Waals surface area contributed by atoms with Crippen molar-refractivity contribution in [1.29, 1.82) is 0 Å². The highest BCUT2D eigenvalue weighted by Gasteiger charge is 2.26. The molecule has 1 unspecified atom stereocenters. The van der Waals surface area contributed by atoms with Crippen LogP contribution in [0.2, 0.25) is 0 Å². The Bertz CT molecular complexity index is 793. The first kappa shape index (κ1) is 14.9. The highest BCUT2D eigenvalue weighted by Crippen LogP contribution is 2.34. The molecule has 2 heterocycles. The molecule has 0 saturated carbocycles. The van der Waals surface area contributed by atoms with E-state index in [2.05, 4.69) is 9.88 Å². The van der Waals surface area contributed by atoms with E-state index in [1.54, 1.807) is 39.0 Å². The van der Waals surface area contributed by atoms with E-state index in [0.29, 0.717) is 17.2 Å². The first-order valence-corrected chi connectivity index (χ1v) is 8.21. The molecule has 22 heavy (non-hydrogen) atoms. The van der Waals surface area contributed by atoms with Crippen molar-refractivity contribution in [1.82, 2.24) is 9.88 Å². The van der Waals surface area contributed by atoms with Gasteiger partial charge in [-0.3, -0.25) is 0 Å². The number of sulfonamides is 1. The molecule has 1 atom stereocenters. The van der Waals surface area contributed by atoms with Gasteiger partial charge in [0.2, 0.25) is 16.8 Å². The Kier molecular flexibility index (Phi) is 3.57. The number of hydrogen-bond donors (Lipinski definition) is 1. The summed E-state index contributed by atoms with van der Waals surface area (Å²) >= 11 is 0. The molecular weight excluding hydrogens is 308 g/mol. The van der Waals surface area contributed by atoms with Crippen LogP contribution >= 0.6 is 0 Å². The van der Waals surface area contributed by atoms with Gasteiger partial charge < -0.3 is 14.0 Å². The van der Waals surface area contributed by atoms with Gasteiger partial charge in [-0.2, -0.15) is 0 Å². The van der Waals surface area contributed by atoms with Gasteiger partial charge in [0.15, 0.2) is 17.3 Å². The standard InChI is InChI=1S/C14H16N2O5S/c1-8(11-4-5-12-13(6-11)20-7-19-12)16-22(17,18)14-9(2)15-21-10(14)3/h4-6,8,16H,7H2,1-3H3. The first-order valence-electron chi connectivity index (χ1n) is 6.73. The van der Waals surface area contributed by atoms with Crippen LogP contribution in [0.25, 0.3) is 0 Å². The minimum atomic E-state index is -3.72. The number of aromatic nitrogens is 1. The molecule has 7 nitrogen and oxygen atoms in total. The Balaban J connectivity index is 1.86. The third-order valence-corrected chi connectivity index (χ3v) is 5.25. The van der Waals surface area contributed by atoms with Crippen molar-refractivity contribution in [3.8, 4) is 11.5 Å². The minimum absolute atomic E-state index is 0.0834. The second-order valence-corrected chi connectivity index (χ2v) is 6.76. The quantitative estimate of drug-likeness (QED) is 0.925. The second kappa shape index (κ2) is 5.29. The Labute approximate surface area is 128 Å². The van der Waals surface area contributed by atoms with Crippen LogP contribution in [0.15, 0.2) is 27.6 Å². The number of rotatable bonds is 4. The molecule has 3 rings (SSSR count). The lowest BCUT2D eigenvalue weighted by molar-refractivity contribution is 0.174. The van der Waals surface area contributed by atoms with E-state index in [1.807, 2.05) is 0 Å². The zero-order chi connectivity index (χ0) is 15.9. The number of aryl methyl sites for hydroxylation is 2. The molecule has 0 saturated heterocycles. The molecule has 1 aliphatic rings. The van der Waals surface area contributed by atoms with Crippen molar-refractivity contribution in [3.63, 3.8) is 0 Å². The molecule has 8 heteroatoms. The van der Waals surface area contributed by atoms with Gasteiger partial charge in [0.05, 0.1) is 0 Å². The first-order chi connectivity index (χ1) is 10.4. The van der Waals surface area contributed by atoms with Gasteiger partial charge in [-0.05, 0) is 38.5 Å². The Morgan fingerprint density at radius 3 is 2.64 bits per heavy atom. The fourth-order valence-electron chi connectivity index (χ4n) is 2.40. The molecule has 0 bridgehead atoms. The van der Waals surface area contributed by atoms with Gasteiger partial charge >= 0.3 is 0 Å². The summed E-state index contributed by atoms with van der Waals surface area (Å²) in [6.07, 6.45) is 0. The summed E-state index contributed by atoms with van der Waals surface area (Å²) in [5, 5.41) is 3.68. The van der Waals surface area contributed by atoms with Crippen LogP contribution in [0.4, 0.5) is 0 Å². The van der Waals surface area contributed by atoms with Gasteiger partial charge in [0.1, 0.15) is 10.6 Å². The molecule has 0 radical (unpaired) electrons. The van der Waals surface area contributed by atoms with Crippen LogP contribution in [0.3, 0.4) is 0 Å². The van der Waals surface area contributed by atoms with Gasteiger partial charge in [-0.1, -0.05) is 11.2 Å². The van der Waals surface area contributed by atoms with Crippen LogP contribution in [-0.4, -0.2) is 20.4 Å². The predicted octanol–water partition coefficient (Wildman–Crippen LogP) is 2.06. The third-order valence-electron chi connectivity index (χ3n) is 3.47. The van der Waals surface area contributed by atoms with Crippen LogP contribution in [0.5, 0.6) is 11.5 Å². The summed E-state index contributed by atoms with van der Waals surface area (Å²) in [4.78, 5) is 0.0834. The maximum Gasteiger partial charge on any atom is 0.246 e. The van der Waals surface area contributed by atoms with Gasteiger partial charge in [0.25, 0.3) is 0 Å². The van der Waals surface area contributed by atoms with Crippen LogP contribution < -0.4 is 14.2 Å². The topological polar surface area (TPSA) is 90.7 Å². The van der Waals surface area contributed by atoms with Gasteiger partial charge in [-0.25, -0.2) is 13.1 Å². The molecule has 1 N–H and O–H groups in total. The fourth-order valence-corrected chi connectivity index (χ4v) is 3.96. The average Bonchev–Trinajstić information content (AvgIpc) is 3.04. The van der Waals surface area contributed by atoms with E-state index in [1.165, 1.54) is 0 Å². The number of nitrogens with one attached hydrogen (secondary N) is 1. The van der Waals surface area contributed by atoms with Crippen molar-refractivity contribution >= 4 is 10.0 Å². The highest BCUT2D eigenvalue weighted by molar-refractivity contribution is 7.89. The van der Waals surface area contributed by atoms with Crippen LogP contribution in [-0.2, 0) is 10.0 Å². The molecule has 0 spiro atoms. The lowest BCUT2D eigenvalue weighted by Crippen LogP contribution is -2.27. The summed E-state index contributed by atoms with van der Waals surface area (Å²) in [6.45, 7) is 5.10. The number of benzene rings is 1. The summed E-state index contributed by atoms with van der Waals surface area (Å²) in [6, 6.07) is 4.89.